The van der Waals surface area contributed by atoms with E-state index in [9.17, 15) is 42.2 Å². The molecule has 3 aromatic rings. The summed E-state index contributed by atoms with van der Waals surface area (Å²) in [4.78, 5) is 33.8. The molecule has 12 nitrogen and oxygen atoms in total. The molecule has 0 aliphatic rings. The van der Waals surface area contributed by atoms with Crippen LogP contribution in [-0.4, -0.2) is 80.0 Å². The number of benzene rings is 1. The maximum atomic E-state index is 13.4. The first-order valence-electron chi connectivity index (χ1n) is 12.2. The van der Waals surface area contributed by atoms with E-state index < -0.39 is 62.4 Å². The fourth-order valence-electron chi connectivity index (χ4n) is 3.44. The molecule has 0 bridgehead atoms. The van der Waals surface area contributed by atoms with Crippen molar-refractivity contribution in [2.24, 2.45) is 0 Å². The Morgan fingerprint density at radius 3 is 2.02 bits per heavy atom. The molecule has 0 saturated carbocycles. The van der Waals surface area contributed by atoms with Crippen molar-refractivity contribution in [2.45, 2.75) is 38.4 Å². The highest BCUT2D eigenvalue weighted by molar-refractivity contribution is 8.45. The number of hydrogen-bond donors (Lipinski definition) is 2. The van der Waals surface area contributed by atoms with Gasteiger partial charge in [0.25, 0.3) is 5.91 Å². The van der Waals surface area contributed by atoms with Gasteiger partial charge in [-0.25, -0.2) is 9.48 Å². The van der Waals surface area contributed by atoms with E-state index in [-0.39, 0.29) is 35.8 Å². The van der Waals surface area contributed by atoms with E-state index in [2.05, 4.69) is 14.9 Å². The number of hydrogen-bond acceptors (Lipinski definition) is 8. The highest BCUT2D eigenvalue weighted by Gasteiger charge is 2.65. The highest BCUT2D eigenvalue weighted by atomic mass is 32.5. The van der Waals surface area contributed by atoms with Crippen LogP contribution in [0.3, 0.4) is 0 Å². The number of amides is 1. The zero-order chi connectivity index (χ0) is 33.9. The van der Waals surface area contributed by atoms with E-state index in [1.54, 1.807) is 20.8 Å². The zero-order valence-corrected chi connectivity index (χ0v) is 24.1. The minimum absolute atomic E-state index is 0.0184. The van der Waals surface area contributed by atoms with Gasteiger partial charge < -0.3 is 19.5 Å². The van der Waals surface area contributed by atoms with Gasteiger partial charge in [0.15, 0.2) is 11.4 Å². The second-order valence-corrected chi connectivity index (χ2v) is 11.0. The molecule has 0 atom stereocenters. The van der Waals surface area contributed by atoms with Crippen molar-refractivity contribution < 1.29 is 61.6 Å². The first-order chi connectivity index (χ1) is 20.0. The summed E-state index contributed by atoms with van der Waals surface area (Å²) >= 11 is 0. The predicted octanol–water partition coefficient (Wildman–Crippen LogP) is 5.07. The van der Waals surface area contributed by atoms with Crippen LogP contribution in [0.25, 0.3) is 5.65 Å². The van der Waals surface area contributed by atoms with Crippen LogP contribution in [0.5, 0.6) is 11.6 Å². The van der Waals surface area contributed by atoms with E-state index >= 15 is 0 Å². The van der Waals surface area contributed by atoms with Crippen LogP contribution < -0.4 is 15.1 Å². The number of aromatic nitrogens is 4. The van der Waals surface area contributed by atoms with Crippen LogP contribution in [0, 0.1) is 5.41 Å². The first kappa shape index (κ1) is 35.8. The molecule has 21 heteroatoms. The molecule has 0 unspecified atom stereocenters. The van der Waals surface area contributed by atoms with Gasteiger partial charge in [0, 0.05) is 30.8 Å². The van der Waals surface area contributed by atoms with Crippen molar-refractivity contribution >= 4 is 33.5 Å². The van der Waals surface area contributed by atoms with Crippen LogP contribution in [-0.2, 0) is 11.3 Å². The maximum absolute atomic E-state index is 13.4. The predicted molar refractivity (Wildman–Crippen MR) is 138 cm³/mol. The molecule has 2 aromatic heterocycles. The van der Waals surface area contributed by atoms with Gasteiger partial charge in [0.05, 0.1) is 13.7 Å². The highest BCUT2D eigenvalue weighted by Crippen LogP contribution is 3.02. The molecule has 0 saturated heterocycles. The second kappa shape index (κ2) is 11.9. The van der Waals surface area contributed by atoms with Crippen molar-refractivity contribution in [3.63, 3.8) is 0 Å². The van der Waals surface area contributed by atoms with Gasteiger partial charge in [0.2, 0.25) is 11.5 Å². The third-order valence-corrected chi connectivity index (χ3v) is 6.69. The summed E-state index contributed by atoms with van der Waals surface area (Å²) in [5.74, 6) is -4.88. The number of fused-ring (bicyclic) bond motifs is 1. The van der Waals surface area contributed by atoms with Gasteiger partial charge in [-0.15, -0.1) is 10.2 Å². The lowest BCUT2D eigenvalue weighted by molar-refractivity contribution is -0.192. The molecular weight excluding hydrogens is 640 g/mol. The molecule has 1 amide bonds. The number of alkyl halides is 3. The van der Waals surface area contributed by atoms with Gasteiger partial charge in [-0.05, 0) is 32.9 Å². The monoisotopic (exact) mass is 666 g/mol. The van der Waals surface area contributed by atoms with E-state index in [1.807, 2.05) is 0 Å². The zero-order valence-electron chi connectivity index (χ0n) is 23.3. The van der Waals surface area contributed by atoms with Crippen molar-refractivity contribution in [1.82, 2.24) is 24.3 Å². The first-order valence-corrected chi connectivity index (χ1v) is 14.2. The lowest BCUT2D eigenvalue weighted by Crippen LogP contribution is -2.31. The normalized spacial score (nSPS) is 13.3. The SMILES string of the molecule is CCOc1nn2c(=N)n(CC(=O)c3cc(OC)cc(S(F)(F)(F)(F)F)c3)nc2cc1C(=O)N(CC)CC.O=C(O)C(F)(F)F. The molecule has 3 rings (SSSR count). The van der Waals surface area contributed by atoms with E-state index in [0.29, 0.717) is 13.1 Å². The third kappa shape index (κ3) is 8.57. The average molecular weight is 667 g/mol. The topological polar surface area (TPSA) is 152 Å². The third-order valence-electron chi connectivity index (χ3n) is 5.56. The Kier molecular flexibility index (Phi) is 9.69. The van der Waals surface area contributed by atoms with Gasteiger partial charge in [0.1, 0.15) is 22.8 Å². The molecular formula is C23H26F8N6O6S. The fraction of sp³-hybridized carbons (Fsp3) is 0.391. The lowest BCUT2D eigenvalue weighted by Gasteiger charge is -2.40. The lowest BCUT2D eigenvalue weighted by atomic mass is 10.1. The van der Waals surface area contributed by atoms with Crippen molar-refractivity contribution in [2.75, 3.05) is 26.8 Å². The van der Waals surface area contributed by atoms with E-state index in [4.69, 9.17) is 20.0 Å². The Morgan fingerprint density at radius 2 is 1.57 bits per heavy atom. The Balaban J connectivity index is 0.000000860. The number of rotatable bonds is 10. The number of Topliss-reactive ketones (excluding diaryl/α,β-unsaturated/α-hetero) is 1. The number of carbonyl (C=O) groups is 3. The molecule has 1 aromatic carbocycles. The molecule has 2 heterocycles. The number of carboxylic acid groups (broad SMARTS) is 1. The molecule has 0 aliphatic carbocycles. The number of ether oxygens (including phenoxy) is 2. The van der Waals surface area contributed by atoms with Crippen LogP contribution >= 0.6 is 10.2 Å². The van der Waals surface area contributed by atoms with Crippen molar-refractivity contribution in [3.05, 3.63) is 41.0 Å². The quantitative estimate of drug-likeness (QED) is 0.225. The molecule has 0 fully saturated rings. The van der Waals surface area contributed by atoms with Crippen LogP contribution in [0.2, 0.25) is 0 Å². The van der Waals surface area contributed by atoms with Crippen LogP contribution in [0.1, 0.15) is 41.5 Å². The van der Waals surface area contributed by atoms with Gasteiger partial charge >= 0.3 is 22.4 Å². The summed E-state index contributed by atoms with van der Waals surface area (Å²) in [5, 5.41) is 23.6. The summed E-state index contributed by atoms with van der Waals surface area (Å²) < 4.78 is 111. The second-order valence-electron chi connectivity index (χ2n) is 8.62. The summed E-state index contributed by atoms with van der Waals surface area (Å²) in [6.07, 6.45) is -5.08. The Bertz CT molecular complexity index is 1640. The Labute approximate surface area is 243 Å². The summed E-state index contributed by atoms with van der Waals surface area (Å²) in [5.41, 5.74) is -1.14. The molecule has 0 aliphatic heterocycles. The van der Waals surface area contributed by atoms with Gasteiger partial charge in [-0.2, -0.15) is 17.7 Å². The van der Waals surface area contributed by atoms with Gasteiger partial charge in [-0.1, -0.05) is 19.4 Å². The number of aliphatic carboxylic acids is 1. The van der Waals surface area contributed by atoms with Crippen LogP contribution in [0.15, 0.2) is 29.2 Å². The maximum Gasteiger partial charge on any atom is 0.490 e. The van der Waals surface area contributed by atoms with E-state index in [0.717, 1.165) is 22.4 Å². The van der Waals surface area contributed by atoms with E-state index in [1.165, 1.54) is 11.0 Å². The minimum atomic E-state index is -10.1. The smallest absolute Gasteiger partial charge is 0.490 e. The summed E-state index contributed by atoms with van der Waals surface area (Å²) in [6.45, 7) is 5.41. The van der Waals surface area contributed by atoms with Crippen molar-refractivity contribution in [1.29, 1.82) is 5.41 Å². The number of ketones is 1. The molecule has 0 radical (unpaired) electrons. The minimum Gasteiger partial charge on any atom is -0.497 e. The van der Waals surface area contributed by atoms with Crippen molar-refractivity contribution in [3.8, 4) is 11.6 Å². The molecule has 246 valence electrons. The average Bonchev–Trinajstić information content (AvgIpc) is 3.21. The Morgan fingerprint density at radius 1 is 1.00 bits per heavy atom. The Hall–Kier alpha value is -4.43. The molecule has 2 N–H and O–H groups in total. The van der Waals surface area contributed by atoms with Crippen LogP contribution in [0.4, 0.5) is 32.6 Å². The standard InChI is InChI=1S/C21H25F5N6O4S.C2HF3O2/c1-5-30(6-2)20(34)16-11-18-28-31(21(27)32(18)29-19(16)36-7-3)12-17(33)13-8-14(35-4)10-15(9-13)37(22,23,24,25)26;3-2(4,5)1(6)7/h8-11,27H,5-7,12H2,1-4H3;(H,6,7). The molecule has 44 heavy (non-hydrogen) atoms. The number of methoxy groups -OCH3 is 1. The summed E-state index contributed by atoms with van der Waals surface area (Å²) in [6, 6.07) is 2.34. The number of halogens is 8. The number of nitrogens with one attached hydrogen (secondary N) is 1. The summed E-state index contributed by atoms with van der Waals surface area (Å²) in [7, 11) is -9.14. The number of carboxylic acids is 1. The largest absolute Gasteiger partial charge is 0.497 e. The van der Waals surface area contributed by atoms with Gasteiger partial charge in [-0.3, -0.25) is 15.0 Å². The fourth-order valence-corrected chi connectivity index (χ4v) is 4.13. The number of nitrogens with zero attached hydrogens (tertiary/aromatic N) is 5. The number of carbonyl (C=O) groups excluding carboxylic acids is 2. The molecule has 0 spiro atoms.